The summed E-state index contributed by atoms with van der Waals surface area (Å²) < 4.78 is 11.4. The van der Waals surface area contributed by atoms with Crippen LogP contribution in [0, 0.1) is 0 Å². The van der Waals surface area contributed by atoms with Gasteiger partial charge in [-0.2, -0.15) is 0 Å². The molecule has 0 saturated heterocycles. The summed E-state index contributed by atoms with van der Waals surface area (Å²) in [4.78, 5) is 16.0. The van der Waals surface area contributed by atoms with Crippen LogP contribution in [0.25, 0.3) is 10.2 Å². The number of hydrogen-bond donors (Lipinski definition) is 0. The van der Waals surface area contributed by atoms with E-state index in [1.807, 2.05) is 25.1 Å². The predicted molar refractivity (Wildman–Crippen MR) is 80.0 cm³/mol. The van der Waals surface area contributed by atoms with Gasteiger partial charge in [0.25, 0.3) is 0 Å². The third-order valence-corrected chi connectivity index (χ3v) is 3.90. The van der Waals surface area contributed by atoms with Gasteiger partial charge in [-0.1, -0.05) is 12.1 Å². The van der Waals surface area contributed by atoms with Gasteiger partial charge in [-0.25, -0.2) is 4.98 Å². The Morgan fingerprint density at radius 2 is 2.15 bits per heavy atom. The molecule has 0 fully saturated rings. The summed E-state index contributed by atoms with van der Waals surface area (Å²) in [6.45, 7) is 3.38. The molecule has 0 spiro atoms. The number of nitrogens with zero attached hydrogens (tertiary/aromatic N) is 1. The Hall–Kier alpha value is -1.46. The minimum absolute atomic E-state index is 0.161. The highest BCUT2D eigenvalue weighted by Gasteiger charge is 2.06. The number of aryl methyl sites for hydroxylation is 1. The molecule has 1 aromatic carbocycles. The van der Waals surface area contributed by atoms with Crippen LogP contribution >= 0.6 is 11.3 Å². The third-order valence-electron chi connectivity index (χ3n) is 2.80. The number of fused-ring (bicyclic) bond motifs is 1. The van der Waals surface area contributed by atoms with Crippen LogP contribution in [0.2, 0.25) is 0 Å². The molecule has 0 bridgehead atoms. The maximum atomic E-state index is 11.5. The summed E-state index contributed by atoms with van der Waals surface area (Å²) in [5.74, 6) is -0.161. The lowest BCUT2D eigenvalue weighted by Gasteiger charge is -2.04. The molecule has 20 heavy (non-hydrogen) atoms. The van der Waals surface area contributed by atoms with Crippen LogP contribution in [0.3, 0.4) is 0 Å². The van der Waals surface area contributed by atoms with E-state index in [-0.39, 0.29) is 5.97 Å². The highest BCUT2D eigenvalue weighted by atomic mass is 32.1. The first-order valence-corrected chi connectivity index (χ1v) is 7.69. The van der Waals surface area contributed by atoms with Crippen molar-refractivity contribution in [2.24, 2.45) is 0 Å². The molecule has 0 unspecified atom stereocenters. The van der Waals surface area contributed by atoms with E-state index < -0.39 is 0 Å². The zero-order valence-electron chi connectivity index (χ0n) is 11.6. The number of aromatic nitrogens is 1. The molecule has 0 radical (unpaired) electrons. The van der Waals surface area contributed by atoms with E-state index in [0.717, 1.165) is 23.4 Å². The Morgan fingerprint density at radius 3 is 2.95 bits per heavy atom. The van der Waals surface area contributed by atoms with Gasteiger partial charge in [-0.15, -0.1) is 11.3 Å². The minimum atomic E-state index is -0.161. The second kappa shape index (κ2) is 7.97. The second-order valence-corrected chi connectivity index (χ2v) is 5.46. The van der Waals surface area contributed by atoms with Crippen LogP contribution in [0.1, 0.15) is 24.8 Å². The average Bonchev–Trinajstić information content (AvgIpc) is 2.86. The molecule has 108 valence electrons. The Balaban J connectivity index is 1.68. The summed E-state index contributed by atoms with van der Waals surface area (Å²) in [5, 5.41) is 1.08. The fourth-order valence-corrected chi connectivity index (χ4v) is 2.85. The molecule has 1 heterocycles. The van der Waals surface area contributed by atoms with Crippen LogP contribution in [0.4, 0.5) is 0 Å². The fraction of sp³-hybridized carbons (Fsp3) is 0.467. The fourth-order valence-electron chi connectivity index (χ4n) is 1.84. The number of benzene rings is 1. The van der Waals surface area contributed by atoms with Crippen LogP contribution in [-0.4, -0.2) is 30.8 Å². The summed E-state index contributed by atoms with van der Waals surface area (Å²) in [6.07, 6.45) is 2.02. The topological polar surface area (TPSA) is 48.4 Å². The van der Waals surface area contributed by atoms with Crippen molar-refractivity contribution in [2.75, 3.05) is 19.8 Å². The Kier molecular flexibility index (Phi) is 5.95. The van der Waals surface area contributed by atoms with E-state index in [1.54, 1.807) is 11.3 Å². The van der Waals surface area contributed by atoms with Gasteiger partial charge in [0, 0.05) is 13.0 Å². The largest absolute Gasteiger partial charge is 0.463 e. The van der Waals surface area contributed by atoms with Crippen LogP contribution in [0.5, 0.6) is 0 Å². The molecule has 0 aliphatic carbocycles. The monoisotopic (exact) mass is 293 g/mol. The van der Waals surface area contributed by atoms with Gasteiger partial charge in [0.2, 0.25) is 0 Å². The van der Waals surface area contributed by atoms with Gasteiger partial charge in [0.05, 0.1) is 21.8 Å². The zero-order valence-corrected chi connectivity index (χ0v) is 12.4. The van der Waals surface area contributed by atoms with E-state index in [0.29, 0.717) is 26.2 Å². The zero-order chi connectivity index (χ0) is 14.2. The molecular weight excluding hydrogens is 274 g/mol. The van der Waals surface area contributed by atoms with Crippen molar-refractivity contribution in [1.82, 2.24) is 4.98 Å². The first-order valence-electron chi connectivity index (χ1n) is 6.87. The lowest BCUT2D eigenvalue weighted by molar-refractivity contribution is -0.145. The molecule has 0 N–H and O–H groups in total. The number of rotatable bonds is 8. The molecule has 5 heteroatoms. The van der Waals surface area contributed by atoms with Gasteiger partial charge in [-0.3, -0.25) is 4.79 Å². The SMILES string of the molecule is CCOCCOC(=O)CCCc1nc2ccccc2s1. The van der Waals surface area contributed by atoms with Gasteiger partial charge in [0.1, 0.15) is 6.61 Å². The smallest absolute Gasteiger partial charge is 0.305 e. The first kappa shape index (κ1) is 14.9. The van der Waals surface area contributed by atoms with Crippen molar-refractivity contribution < 1.29 is 14.3 Å². The third kappa shape index (κ3) is 4.58. The molecule has 0 amide bonds. The molecule has 4 nitrogen and oxygen atoms in total. The van der Waals surface area contributed by atoms with Crippen molar-refractivity contribution in [3.63, 3.8) is 0 Å². The average molecular weight is 293 g/mol. The molecule has 0 aliphatic rings. The van der Waals surface area contributed by atoms with E-state index in [4.69, 9.17) is 9.47 Å². The summed E-state index contributed by atoms with van der Waals surface area (Å²) in [6, 6.07) is 8.08. The quantitative estimate of drug-likeness (QED) is 0.554. The molecule has 0 aliphatic heterocycles. The van der Waals surface area contributed by atoms with E-state index in [1.165, 1.54) is 4.70 Å². The molecule has 1 aromatic heterocycles. The number of esters is 1. The Bertz CT molecular complexity index is 520. The second-order valence-electron chi connectivity index (χ2n) is 4.35. The molecule has 2 aromatic rings. The number of para-hydroxylation sites is 1. The van der Waals surface area contributed by atoms with Gasteiger partial charge < -0.3 is 9.47 Å². The molecule has 0 saturated carbocycles. The normalized spacial score (nSPS) is 10.8. The minimum Gasteiger partial charge on any atom is -0.463 e. The standard InChI is InChI=1S/C15H19NO3S/c1-2-18-10-11-19-15(17)9-5-8-14-16-12-6-3-4-7-13(12)20-14/h3-4,6-7H,2,5,8-11H2,1H3. The van der Waals surface area contributed by atoms with Crippen molar-refractivity contribution in [1.29, 1.82) is 0 Å². The van der Waals surface area contributed by atoms with E-state index in [2.05, 4.69) is 11.1 Å². The van der Waals surface area contributed by atoms with E-state index in [9.17, 15) is 4.79 Å². The Morgan fingerprint density at radius 1 is 1.30 bits per heavy atom. The summed E-state index contributed by atoms with van der Waals surface area (Å²) in [7, 11) is 0. The van der Waals surface area contributed by atoms with Crippen LogP contribution < -0.4 is 0 Å². The highest BCUT2D eigenvalue weighted by Crippen LogP contribution is 2.22. The van der Waals surface area contributed by atoms with Gasteiger partial charge in [-0.05, 0) is 31.9 Å². The van der Waals surface area contributed by atoms with Gasteiger partial charge >= 0.3 is 5.97 Å². The molecule has 0 atom stereocenters. The predicted octanol–water partition coefficient (Wildman–Crippen LogP) is 3.20. The van der Waals surface area contributed by atoms with Crippen LogP contribution in [-0.2, 0) is 20.7 Å². The summed E-state index contributed by atoms with van der Waals surface area (Å²) >= 11 is 1.69. The highest BCUT2D eigenvalue weighted by molar-refractivity contribution is 7.18. The molecule has 2 rings (SSSR count). The van der Waals surface area contributed by atoms with E-state index >= 15 is 0 Å². The number of ether oxygens (including phenoxy) is 2. The lowest BCUT2D eigenvalue weighted by atomic mass is 10.2. The molecular formula is C15H19NO3S. The number of thiazole rings is 1. The number of carbonyl (C=O) groups excluding carboxylic acids is 1. The van der Waals surface area contributed by atoms with Crippen molar-refractivity contribution in [3.05, 3.63) is 29.3 Å². The number of hydrogen-bond acceptors (Lipinski definition) is 5. The Labute approximate surface area is 122 Å². The maximum Gasteiger partial charge on any atom is 0.305 e. The first-order chi connectivity index (χ1) is 9.79. The van der Waals surface area contributed by atoms with Crippen molar-refractivity contribution in [2.45, 2.75) is 26.2 Å². The van der Waals surface area contributed by atoms with Crippen LogP contribution in [0.15, 0.2) is 24.3 Å². The van der Waals surface area contributed by atoms with Crippen molar-refractivity contribution >= 4 is 27.5 Å². The van der Waals surface area contributed by atoms with Gasteiger partial charge in [0.15, 0.2) is 0 Å². The lowest BCUT2D eigenvalue weighted by Crippen LogP contribution is -2.10. The number of carbonyl (C=O) groups is 1. The summed E-state index contributed by atoms with van der Waals surface area (Å²) in [5.41, 5.74) is 1.03. The maximum absolute atomic E-state index is 11.5. The van der Waals surface area contributed by atoms with Crippen molar-refractivity contribution in [3.8, 4) is 0 Å².